The van der Waals surface area contributed by atoms with E-state index in [0.717, 1.165) is 100 Å². The van der Waals surface area contributed by atoms with E-state index in [9.17, 15) is 9.59 Å². The Labute approximate surface area is 304 Å². The number of amides is 2. The van der Waals surface area contributed by atoms with Crippen molar-refractivity contribution in [1.82, 2.24) is 10.2 Å². The molecule has 1 heterocycles. The fourth-order valence-electron chi connectivity index (χ4n) is 8.42. The lowest BCUT2D eigenvalue weighted by atomic mass is 9.64. The summed E-state index contributed by atoms with van der Waals surface area (Å²) < 4.78 is 6.00. The molecular formula is C44H56N4O3. The molecule has 7 nitrogen and oxygen atoms in total. The Hall–Kier alpha value is -4.30. The number of hydrogen-bond donors (Lipinski definition) is 3. The molecule has 0 saturated carbocycles. The molecule has 0 radical (unpaired) electrons. The van der Waals surface area contributed by atoms with Crippen molar-refractivity contribution in [3.8, 4) is 0 Å². The summed E-state index contributed by atoms with van der Waals surface area (Å²) in [6, 6.07) is 40.1. The lowest BCUT2D eigenvalue weighted by Crippen LogP contribution is -2.51. The number of benzene rings is 4. The van der Waals surface area contributed by atoms with Crippen LogP contribution in [0.15, 0.2) is 121 Å². The molecule has 51 heavy (non-hydrogen) atoms. The third kappa shape index (κ3) is 8.61. The van der Waals surface area contributed by atoms with Gasteiger partial charge in [-0.2, -0.15) is 0 Å². The van der Waals surface area contributed by atoms with Gasteiger partial charge in [0, 0.05) is 19.8 Å². The minimum atomic E-state index is -0.905. The number of carbonyl (C=O) groups excluding carboxylic acids is 2. The SMILES string of the molecule is CCC(CNCCCCOCCCCN1CCC(C(C(N)=O)(c2ccccc2)c2ccccc2)C1)C(C(N)=O)(c1ccccc1)c1ccccc1. The molecule has 1 fully saturated rings. The summed E-state index contributed by atoms with van der Waals surface area (Å²) in [5, 5.41) is 3.62. The monoisotopic (exact) mass is 688 g/mol. The van der Waals surface area contributed by atoms with Crippen molar-refractivity contribution < 1.29 is 14.3 Å². The van der Waals surface area contributed by atoms with Crippen LogP contribution in [0.1, 0.15) is 67.7 Å². The molecule has 5 N–H and O–H groups in total. The number of nitrogens with two attached hydrogens (primary N) is 2. The van der Waals surface area contributed by atoms with Crippen LogP contribution < -0.4 is 16.8 Å². The van der Waals surface area contributed by atoms with Crippen LogP contribution in [0.5, 0.6) is 0 Å². The number of ether oxygens (including phenoxy) is 1. The Balaban J connectivity index is 1.03. The first-order valence-corrected chi connectivity index (χ1v) is 18.8. The van der Waals surface area contributed by atoms with Crippen molar-refractivity contribution in [3.05, 3.63) is 144 Å². The van der Waals surface area contributed by atoms with Gasteiger partial charge in [-0.3, -0.25) is 9.59 Å². The Morgan fingerprint density at radius 2 is 1.22 bits per heavy atom. The number of primary amides is 2. The second-order valence-electron chi connectivity index (χ2n) is 13.9. The average molecular weight is 689 g/mol. The van der Waals surface area contributed by atoms with Gasteiger partial charge in [-0.1, -0.05) is 135 Å². The smallest absolute Gasteiger partial charge is 0.232 e. The third-order valence-corrected chi connectivity index (χ3v) is 11.0. The van der Waals surface area contributed by atoms with Crippen LogP contribution in [0, 0.1) is 11.8 Å². The average Bonchev–Trinajstić information content (AvgIpc) is 3.64. The van der Waals surface area contributed by atoms with E-state index in [1.54, 1.807) is 0 Å². The van der Waals surface area contributed by atoms with Crippen molar-refractivity contribution in [2.75, 3.05) is 45.9 Å². The van der Waals surface area contributed by atoms with Crippen molar-refractivity contribution in [2.45, 2.75) is 56.3 Å². The zero-order valence-corrected chi connectivity index (χ0v) is 30.2. The number of hydrogen-bond acceptors (Lipinski definition) is 5. The van der Waals surface area contributed by atoms with E-state index in [1.165, 1.54) is 0 Å². The second kappa shape index (κ2) is 18.8. The van der Waals surface area contributed by atoms with Crippen molar-refractivity contribution in [1.29, 1.82) is 0 Å². The van der Waals surface area contributed by atoms with E-state index in [1.807, 2.05) is 121 Å². The number of nitrogens with one attached hydrogen (secondary N) is 1. The van der Waals surface area contributed by atoms with Gasteiger partial charge in [0.25, 0.3) is 0 Å². The summed E-state index contributed by atoms with van der Waals surface area (Å²) in [7, 11) is 0. The summed E-state index contributed by atoms with van der Waals surface area (Å²) in [5.41, 5.74) is 14.6. The van der Waals surface area contributed by atoms with Crippen LogP contribution in [0.4, 0.5) is 0 Å². The van der Waals surface area contributed by atoms with Gasteiger partial charge in [-0.15, -0.1) is 0 Å². The fraction of sp³-hybridized carbons (Fsp3) is 0.409. The van der Waals surface area contributed by atoms with Crippen LogP contribution in [0.2, 0.25) is 0 Å². The first kappa shape index (κ1) is 37.9. The summed E-state index contributed by atoms with van der Waals surface area (Å²) in [5.74, 6) is -0.477. The maximum Gasteiger partial charge on any atom is 0.232 e. The van der Waals surface area contributed by atoms with E-state index in [0.29, 0.717) is 6.54 Å². The van der Waals surface area contributed by atoms with Crippen LogP contribution in [-0.2, 0) is 25.2 Å². The fourth-order valence-corrected chi connectivity index (χ4v) is 8.42. The van der Waals surface area contributed by atoms with Gasteiger partial charge >= 0.3 is 0 Å². The summed E-state index contributed by atoms with van der Waals surface area (Å²) >= 11 is 0. The largest absolute Gasteiger partial charge is 0.381 e. The van der Waals surface area contributed by atoms with Gasteiger partial charge in [0.1, 0.15) is 10.8 Å². The molecule has 270 valence electrons. The van der Waals surface area contributed by atoms with Gasteiger partial charge < -0.3 is 26.4 Å². The standard InChI is InChI=1S/C44H56N4O3/c1-2-35(43(41(45)49,36-19-7-3-8-20-36)37-21-9-4-10-22-37)33-47-28-15-17-31-51-32-18-16-29-48-30-27-40(34-48)44(42(46)50,38-23-11-5-12-24-38)39-25-13-6-14-26-39/h3-14,19-26,35,40,47H,2,15-18,27-34H2,1H3,(H2,45,49)(H2,46,50). The zero-order chi connectivity index (χ0) is 35.9. The zero-order valence-electron chi connectivity index (χ0n) is 30.2. The molecule has 0 spiro atoms. The maximum atomic E-state index is 13.3. The Kier molecular flexibility index (Phi) is 14.0. The molecule has 4 aromatic rings. The molecule has 0 aromatic heterocycles. The van der Waals surface area contributed by atoms with E-state index in [2.05, 4.69) is 17.1 Å². The maximum absolute atomic E-state index is 13.3. The summed E-state index contributed by atoms with van der Waals surface area (Å²) in [6.07, 6.45) is 5.77. The predicted octanol–water partition coefficient (Wildman–Crippen LogP) is 6.44. The van der Waals surface area contributed by atoms with Crippen LogP contribution in [-0.4, -0.2) is 62.7 Å². The Morgan fingerprint density at radius 3 is 1.69 bits per heavy atom. The molecule has 4 aromatic carbocycles. The number of nitrogens with zero attached hydrogens (tertiary/aromatic N) is 1. The number of unbranched alkanes of at least 4 members (excludes halogenated alkanes) is 2. The first-order valence-electron chi connectivity index (χ1n) is 18.8. The minimum absolute atomic E-state index is 0.00540. The highest BCUT2D eigenvalue weighted by Crippen LogP contribution is 2.44. The van der Waals surface area contributed by atoms with Gasteiger partial charge in [0.15, 0.2) is 0 Å². The Morgan fingerprint density at radius 1 is 0.725 bits per heavy atom. The molecule has 7 heteroatoms. The lowest BCUT2D eigenvalue weighted by molar-refractivity contribution is -0.124. The summed E-state index contributed by atoms with van der Waals surface area (Å²) in [6.45, 7) is 7.96. The predicted molar refractivity (Wildman–Crippen MR) is 206 cm³/mol. The van der Waals surface area contributed by atoms with Crippen molar-refractivity contribution >= 4 is 11.8 Å². The lowest BCUT2D eigenvalue weighted by Gasteiger charge is -2.39. The first-order chi connectivity index (χ1) is 24.9. The van der Waals surface area contributed by atoms with Crippen LogP contribution >= 0.6 is 0 Å². The molecule has 2 amide bonds. The van der Waals surface area contributed by atoms with E-state index >= 15 is 0 Å². The molecule has 0 aliphatic carbocycles. The Bertz CT molecular complexity index is 1540. The number of likely N-dealkylation sites (tertiary alicyclic amines) is 1. The summed E-state index contributed by atoms with van der Waals surface area (Å²) in [4.78, 5) is 29.1. The van der Waals surface area contributed by atoms with E-state index < -0.39 is 10.8 Å². The van der Waals surface area contributed by atoms with E-state index in [4.69, 9.17) is 16.2 Å². The molecule has 5 rings (SSSR count). The highest BCUT2D eigenvalue weighted by atomic mass is 16.5. The molecule has 2 unspecified atom stereocenters. The quantitative estimate of drug-likeness (QED) is 0.0873. The van der Waals surface area contributed by atoms with Crippen molar-refractivity contribution in [3.63, 3.8) is 0 Å². The highest BCUT2D eigenvalue weighted by Gasteiger charge is 2.49. The topological polar surface area (TPSA) is 111 Å². The van der Waals surface area contributed by atoms with Crippen molar-refractivity contribution in [2.24, 2.45) is 23.3 Å². The van der Waals surface area contributed by atoms with Crippen LogP contribution in [0.3, 0.4) is 0 Å². The van der Waals surface area contributed by atoms with Crippen LogP contribution in [0.25, 0.3) is 0 Å². The molecular weight excluding hydrogens is 633 g/mol. The molecule has 1 saturated heterocycles. The highest BCUT2D eigenvalue weighted by molar-refractivity contribution is 5.92. The molecule has 0 bridgehead atoms. The number of carbonyl (C=O) groups is 2. The minimum Gasteiger partial charge on any atom is -0.381 e. The normalized spacial score (nSPS) is 15.8. The second-order valence-corrected chi connectivity index (χ2v) is 13.9. The third-order valence-electron chi connectivity index (χ3n) is 11.0. The number of rotatable bonds is 21. The molecule has 1 aliphatic heterocycles. The van der Waals surface area contributed by atoms with Gasteiger partial charge in [-0.05, 0) is 92.4 Å². The molecule has 1 aliphatic rings. The molecule has 2 atom stereocenters. The van der Waals surface area contributed by atoms with E-state index in [-0.39, 0.29) is 23.7 Å². The van der Waals surface area contributed by atoms with Gasteiger partial charge in [-0.25, -0.2) is 0 Å². The van der Waals surface area contributed by atoms with Gasteiger partial charge in [0.2, 0.25) is 11.8 Å². The van der Waals surface area contributed by atoms with Gasteiger partial charge in [0.05, 0.1) is 0 Å².